The molecule has 0 aromatic carbocycles. The number of thiazole rings is 1. The topological polar surface area (TPSA) is 62.3 Å². The largest absolute Gasteiger partial charge is 0.333 e. The summed E-state index contributed by atoms with van der Waals surface area (Å²) in [5.74, 6) is 0.657. The Balaban J connectivity index is 1.83. The molecular formula is C18H29N3O2S. The molecule has 0 spiro atoms. The van der Waals surface area contributed by atoms with Crippen molar-refractivity contribution in [3.8, 4) is 0 Å². The summed E-state index contributed by atoms with van der Waals surface area (Å²) in [6, 6.07) is 0. The van der Waals surface area contributed by atoms with Gasteiger partial charge in [-0.2, -0.15) is 0 Å². The van der Waals surface area contributed by atoms with Gasteiger partial charge in [0, 0.05) is 24.0 Å². The molecule has 1 aliphatic carbocycles. The summed E-state index contributed by atoms with van der Waals surface area (Å²) >= 11 is 1.45. The van der Waals surface area contributed by atoms with Crippen molar-refractivity contribution in [3.05, 3.63) is 11.1 Å². The van der Waals surface area contributed by atoms with Crippen LogP contribution in [0.4, 0.5) is 5.13 Å². The summed E-state index contributed by atoms with van der Waals surface area (Å²) in [5.41, 5.74) is 0. The highest BCUT2D eigenvalue weighted by Crippen LogP contribution is 2.28. The van der Waals surface area contributed by atoms with Crippen molar-refractivity contribution in [2.75, 3.05) is 18.4 Å². The maximum absolute atomic E-state index is 12.5. The second-order valence-corrected chi connectivity index (χ2v) is 7.92. The van der Waals surface area contributed by atoms with Crippen LogP contribution < -0.4 is 5.32 Å². The quantitative estimate of drug-likeness (QED) is 0.732. The zero-order chi connectivity index (χ0) is 17.4. The van der Waals surface area contributed by atoms with Gasteiger partial charge in [0.05, 0.1) is 6.54 Å². The van der Waals surface area contributed by atoms with Gasteiger partial charge in [0.15, 0.2) is 5.13 Å². The Morgan fingerprint density at radius 3 is 2.75 bits per heavy atom. The van der Waals surface area contributed by atoms with Gasteiger partial charge in [0.2, 0.25) is 11.8 Å². The number of anilines is 1. The van der Waals surface area contributed by atoms with E-state index < -0.39 is 0 Å². The summed E-state index contributed by atoms with van der Waals surface area (Å²) < 4.78 is 0. The summed E-state index contributed by atoms with van der Waals surface area (Å²) in [6.07, 6.45) is 10.3. The standard InChI is InChI=1S/C18H29N3O2S/c1-3-4-11-21(17(23)10-9-15-7-5-6-8-15)13-16(22)20-18-19-12-14(2)24-18/h12,15H,3-11,13H2,1-2H3,(H,19,20,22). The van der Waals surface area contributed by atoms with Crippen LogP contribution in [0.5, 0.6) is 0 Å². The van der Waals surface area contributed by atoms with Crippen LogP contribution in [0.25, 0.3) is 0 Å². The highest BCUT2D eigenvalue weighted by atomic mass is 32.1. The average Bonchev–Trinajstić information content (AvgIpc) is 3.20. The minimum Gasteiger partial charge on any atom is -0.333 e. The number of rotatable bonds is 9. The number of nitrogens with one attached hydrogen (secondary N) is 1. The number of aryl methyl sites for hydroxylation is 1. The number of unbranched alkanes of at least 4 members (excludes halogenated alkanes) is 1. The molecular weight excluding hydrogens is 322 g/mol. The highest BCUT2D eigenvalue weighted by Gasteiger charge is 2.20. The van der Waals surface area contributed by atoms with Crippen LogP contribution >= 0.6 is 11.3 Å². The molecule has 2 amide bonds. The van der Waals surface area contributed by atoms with Crippen LogP contribution in [0.15, 0.2) is 6.20 Å². The number of carbonyl (C=O) groups is 2. The van der Waals surface area contributed by atoms with Crippen molar-refractivity contribution in [3.63, 3.8) is 0 Å². The van der Waals surface area contributed by atoms with E-state index in [2.05, 4.69) is 17.2 Å². The Morgan fingerprint density at radius 2 is 2.12 bits per heavy atom. The molecule has 0 bridgehead atoms. The first-order chi connectivity index (χ1) is 11.6. The maximum atomic E-state index is 12.5. The van der Waals surface area contributed by atoms with Gasteiger partial charge in [-0.1, -0.05) is 39.0 Å². The molecule has 0 unspecified atom stereocenters. The predicted octanol–water partition coefficient (Wildman–Crippen LogP) is 3.99. The van der Waals surface area contributed by atoms with Crippen LogP contribution in [-0.2, 0) is 9.59 Å². The predicted molar refractivity (Wildman–Crippen MR) is 98.2 cm³/mol. The lowest BCUT2D eigenvalue weighted by Crippen LogP contribution is -2.38. The summed E-state index contributed by atoms with van der Waals surface area (Å²) in [6.45, 7) is 4.83. The second-order valence-electron chi connectivity index (χ2n) is 6.68. The number of hydrogen-bond donors (Lipinski definition) is 1. The van der Waals surface area contributed by atoms with E-state index in [1.54, 1.807) is 11.1 Å². The average molecular weight is 352 g/mol. The van der Waals surface area contributed by atoms with Crippen LogP contribution in [0.3, 0.4) is 0 Å². The van der Waals surface area contributed by atoms with E-state index in [1.165, 1.54) is 37.0 Å². The smallest absolute Gasteiger partial charge is 0.245 e. The van der Waals surface area contributed by atoms with E-state index in [0.29, 0.717) is 24.0 Å². The Hall–Kier alpha value is -1.43. The highest BCUT2D eigenvalue weighted by molar-refractivity contribution is 7.15. The molecule has 24 heavy (non-hydrogen) atoms. The zero-order valence-electron chi connectivity index (χ0n) is 14.8. The third kappa shape index (κ3) is 6.23. The van der Waals surface area contributed by atoms with Gasteiger partial charge < -0.3 is 10.2 Å². The fourth-order valence-corrected chi connectivity index (χ4v) is 3.85. The molecule has 1 aliphatic rings. The van der Waals surface area contributed by atoms with Gasteiger partial charge in [0.25, 0.3) is 0 Å². The SMILES string of the molecule is CCCCN(CC(=O)Nc1ncc(C)s1)C(=O)CCC1CCCC1. The van der Waals surface area contributed by atoms with Gasteiger partial charge in [-0.05, 0) is 25.7 Å². The van der Waals surface area contributed by atoms with Gasteiger partial charge in [0.1, 0.15) is 0 Å². The third-order valence-electron chi connectivity index (χ3n) is 4.58. The van der Waals surface area contributed by atoms with Gasteiger partial charge >= 0.3 is 0 Å². The first kappa shape index (κ1) is 18.9. The van der Waals surface area contributed by atoms with E-state index in [9.17, 15) is 9.59 Å². The molecule has 2 rings (SSSR count). The first-order valence-electron chi connectivity index (χ1n) is 9.08. The number of nitrogens with zero attached hydrogens (tertiary/aromatic N) is 2. The molecule has 6 heteroatoms. The molecule has 1 heterocycles. The Labute approximate surface area is 148 Å². The molecule has 0 radical (unpaired) electrons. The van der Waals surface area contributed by atoms with Crippen molar-refractivity contribution in [1.29, 1.82) is 0 Å². The van der Waals surface area contributed by atoms with Crippen molar-refractivity contribution in [2.45, 2.75) is 65.2 Å². The van der Waals surface area contributed by atoms with Crippen LogP contribution in [0.1, 0.15) is 63.2 Å². The van der Waals surface area contributed by atoms with Gasteiger partial charge in [-0.3, -0.25) is 9.59 Å². The van der Waals surface area contributed by atoms with E-state index in [4.69, 9.17) is 0 Å². The molecule has 5 nitrogen and oxygen atoms in total. The lowest BCUT2D eigenvalue weighted by molar-refractivity contribution is -0.135. The van der Waals surface area contributed by atoms with Crippen molar-refractivity contribution >= 4 is 28.3 Å². The molecule has 134 valence electrons. The van der Waals surface area contributed by atoms with E-state index >= 15 is 0 Å². The molecule has 0 saturated heterocycles. The molecule has 1 fully saturated rings. The summed E-state index contributed by atoms with van der Waals surface area (Å²) in [5, 5.41) is 3.40. The molecule has 0 aliphatic heterocycles. The Kier molecular flexibility index (Phi) is 7.69. The fraction of sp³-hybridized carbons (Fsp3) is 0.722. The van der Waals surface area contributed by atoms with E-state index in [0.717, 1.165) is 24.1 Å². The molecule has 1 aromatic rings. The lowest BCUT2D eigenvalue weighted by Gasteiger charge is -2.22. The van der Waals surface area contributed by atoms with Crippen molar-refractivity contribution < 1.29 is 9.59 Å². The minimum atomic E-state index is -0.158. The minimum absolute atomic E-state index is 0.112. The fourth-order valence-electron chi connectivity index (χ4n) is 3.17. The van der Waals surface area contributed by atoms with E-state index in [1.807, 2.05) is 6.92 Å². The summed E-state index contributed by atoms with van der Waals surface area (Å²) in [4.78, 5) is 31.7. The van der Waals surface area contributed by atoms with E-state index in [-0.39, 0.29) is 18.4 Å². The Bertz CT molecular complexity index is 538. The normalized spacial score (nSPS) is 14.8. The first-order valence-corrected chi connectivity index (χ1v) is 9.90. The molecule has 1 saturated carbocycles. The molecule has 0 atom stereocenters. The second kappa shape index (κ2) is 9.77. The number of hydrogen-bond acceptors (Lipinski definition) is 4. The Morgan fingerprint density at radius 1 is 1.38 bits per heavy atom. The number of amides is 2. The zero-order valence-corrected chi connectivity index (χ0v) is 15.7. The van der Waals surface area contributed by atoms with Gasteiger partial charge in [-0.15, -0.1) is 11.3 Å². The van der Waals surface area contributed by atoms with Gasteiger partial charge in [-0.25, -0.2) is 4.98 Å². The van der Waals surface area contributed by atoms with Crippen LogP contribution in [-0.4, -0.2) is 34.8 Å². The van der Waals surface area contributed by atoms with Crippen molar-refractivity contribution in [2.24, 2.45) is 5.92 Å². The lowest BCUT2D eigenvalue weighted by atomic mass is 10.0. The third-order valence-corrected chi connectivity index (χ3v) is 5.41. The maximum Gasteiger partial charge on any atom is 0.245 e. The number of aromatic nitrogens is 1. The van der Waals surface area contributed by atoms with Crippen molar-refractivity contribution in [1.82, 2.24) is 9.88 Å². The number of carbonyl (C=O) groups excluding carboxylic acids is 2. The molecule has 1 N–H and O–H groups in total. The van der Waals surface area contributed by atoms with Crippen LogP contribution in [0, 0.1) is 12.8 Å². The van der Waals surface area contributed by atoms with Crippen LogP contribution in [0.2, 0.25) is 0 Å². The molecule has 1 aromatic heterocycles. The summed E-state index contributed by atoms with van der Waals surface area (Å²) in [7, 11) is 0. The monoisotopic (exact) mass is 351 g/mol.